The van der Waals surface area contributed by atoms with Crippen LogP contribution in [0.2, 0.25) is 0 Å². The van der Waals surface area contributed by atoms with Gasteiger partial charge in [0.25, 0.3) is 0 Å². The summed E-state index contributed by atoms with van der Waals surface area (Å²) < 4.78 is 23.1. The molecule has 3 nitrogen and oxygen atoms in total. The second-order valence-electron chi connectivity index (χ2n) is 5.62. The zero-order valence-electron chi connectivity index (χ0n) is 12.1. The number of sulfone groups is 1. The molecule has 106 valence electrons. The number of nitrogens with one attached hydrogen (secondary N) is 1. The molecule has 4 heteroatoms. The highest BCUT2D eigenvalue weighted by atomic mass is 32.2. The number of hydrogen-bond acceptors (Lipinski definition) is 3. The van der Waals surface area contributed by atoms with Gasteiger partial charge in [-0.2, -0.15) is 0 Å². The van der Waals surface area contributed by atoms with Gasteiger partial charge in [0, 0.05) is 18.3 Å². The largest absolute Gasteiger partial charge is 0.313 e. The van der Waals surface area contributed by atoms with E-state index in [1.54, 1.807) is 6.92 Å². The summed E-state index contributed by atoms with van der Waals surface area (Å²) in [5.74, 6) is 1.73. The Bertz CT molecular complexity index is 387. The maximum absolute atomic E-state index is 11.5. The zero-order valence-corrected chi connectivity index (χ0v) is 12.9. The third kappa shape index (κ3) is 4.73. The topological polar surface area (TPSA) is 46.2 Å². The van der Waals surface area contributed by atoms with Crippen molar-refractivity contribution in [3.8, 4) is 0 Å². The van der Waals surface area contributed by atoms with Crippen molar-refractivity contribution in [3.05, 3.63) is 11.6 Å². The van der Waals surface area contributed by atoms with Crippen LogP contribution < -0.4 is 5.32 Å². The fraction of sp³-hybridized carbons (Fsp3) is 0.857. The standard InChI is InChI=1S/C14H27NO2S/c1-5-18(16,17)10-13(4)15-9-14-11(2)7-6-8-12(14)3/h7,12-15H,5-6,8-10H2,1-4H3/t12-,13-,14+/m0/s1. The van der Waals surface area contributed by atoms with Crippen molar-refractivity contribution in [2.45, 2.75) is 46.6 Å². The van der Waals surface area contributed by atoms with Gasteiger partial charge < -0.3 is 5.32 Å². The van der Waals surface area contributed by atoms with E-state index in [1.807, 2.05) is 6.92 Å². The van der Waals surface area contributed by atoms with E-state index in [1.165, 1.54) is 18.4 Å². The van der Waals surface area contributed by atoms with Crippen molar-refractivity contribution in [3.63, 3.8) is 0 Å². The summed E-state index contributed by atoms with van der Waals surface area (Å²) >= 11 is 0. The van der Waals surface area contributed by atoms with Crippen molar-refractivity contribution >= 4 is 9.84 Å². The Balaban J connectivity index is 2.45. The lowest BCUT2D eigenvalue weighted by atomic mass is 9.80. The van der Waals surface area contributed by atoms with E-state index in [-0.39, 0.29) is 17.5 Å². The van der Waals surface area contributed by atoms with Crippen LogP contribution in [0.25, 0.3) is 0 Å². The Morgan fingerprint density at radius 2 is 2.17 bits per heavy atom. The van der Waals surface area contributed by atoms with E-state index in [2.05, 4.69) is 25.2 Å². The third-order valence-corrected chi connectivity index (χ3v) is 5.88. The van der Waals surface area contributed by atoms with Gasteiger partial charge in [-0.1, -0.05) is 25.5 Å². The molecule has 1 rings (SSSR count). The lowest BCUT2D eigenvalue weighted by Crippen LogP contribution is -2.39. The average molecular weight is 273 g/mol. The minimum absolute atomic E-state index is 0.0388. The minimum atomic E-state index is -2.88. The molecular weight excluding hydrogens is 246 g/mol. The van der Waals surface area contributed by atoms with Crippen LogP contribution in [-0.2, 0) is 9.84 Å². The maximum Gasteiger partial charge on any atom is 0.151 e. The van der Waals surface area contributed by atoms with Gasteiger partial charge in [-0.25, -0.2) is 8.42 Å². The summed E-state index contributed by atoms with van der Waals surface area (Å²) in [7, 11) is -2.88. The van der Waals surface area contributed by atoms with Gasteiger partial charge in [0.2, 0.25) is 0 Å². The molecule has 0 radical (unpaired) electrons. The fourth-order valence-corrected chi connectivity index (χ4v) is 3.74. The van der Waals surface area contributed by atoms with Gasteiger partial charge in [-0.15, -0.1) is 0 Å². The normalized spacial score (nSPS) is 26.8. The molecule has 0 aromatic heterocycles. The van der Waals surface area contributed by atoms with Crippen LogP contribution in [0.4, 0.5) is 0 Å². The van der Waals surface area contributed by atoms with Crippen LogP contribution >= 0.6 is 0 Å². The van der Waals surface area contributed by atoms with E-state index < -0.39 is 9.84 Å². The van der Waals surface area contributed by atoms with Crippen LogP contribution in [0.15, 0.2) is 11.6 Å². The van der Waals surface area contributed by atoms with Crippen molar-refractivity contribution in [2.75, 3.05) is 18.1 Å². The molecule has 0 fully saturated rings. The predicted octanol–water partition coefficient (Wildman–Crippen LogP) is 2.39. The van der Waals surface area contributed by atoms with Crippen molar-refractivity contribution in [1.82, 2.24) is 5.32 Å². The van der Waals surface area contributed by atoms with Gasteiger partial charge in [-0.3, -0.25) is 0 Å². The molecule has 0 saturated carbocycles. The first kappa shape index (κ1) is 15.7. The number of allylic oxidation sites excluding steroid dienone is 1. The third-order valence-electron chi connectivity index (χ3n) is 3.99. The molecule has 0 aromatic rings. The summed E-state index contributed by atoms with van der Waals surface area (Å²) in [5.41, 5.74) is 1.45. The van der Waals surface area contributed by atoms with Crippen LogP contribution in [0.3, 0.4) is 0 Å². The smallest absolute Gasteiger partial charge is 0.151 e. The molecular formula is C14H27NO2S. The van der Waals surface area contributed by atoms with Crippen molar-refractivity contribution in [2.24, 2.45) is 11.8 Å². The monoisotopic (exact) mass is 273 g/mol. The number of rotatable bonds is 6. The number of hydrogen-bond donors (Lipinski definition) is 1. The molecule has 3 atom stereocenters. The zero-order chi connectivity index (χ0) is 13.8. The van der Waals surface area contributed by atoms with E-state index in [9.17, 15) is 8.42 Å². The summed E-state index contributed by atoms with van der Waals surface area (Å²) in [6, 6.07) is 0.0388. The Labute approximate surface area is 112 Å². The minimum Gasteiger partial charge on any atom is -0.313 e. The predicted molar refractivity (Wildman–Crippen MR) is 77.4 cm³/mol. The lowest BCUT2D eigenvalue weighted by Gasteiger charge is -2.30. The highest BCUT2D eigenvalue weighted by Crippen LogP contribution is 2.29. The molecule has 0 saturated heterocycles. The summed E-state index contributed by atoms with van der Waals surface area (Å²) in [4.78, 5) is 0. The summed E-state index contributed by atoms with van der Waals surface area (Å²) in [6.07, 6.45) is 4.74. The first-order chi connectivity index (χ1) is 8.35. The molecule has 0 spiro atoms. The van der Waals surface area contributed by atoms with Gasteiger partial charge in [0.1, 0.15) is 0 Å². The first-order valence-electron chi connectivity index (χ1n) is 6.96. The summed E-state index contributed by atoms with van der Waals surface area (Å²) in [5, 5.41) is 3.38. The Hall–Kier alpha value is -0.350. The van der Waals surface area contributed by atoms with Crippen LogP contribution in [0.1, 0.15) is 40.5 Å². The highest BCUT2D eigenvalue weighted by Gasteiger charge is 2.23. The Kier molecular flexibility index (Phi) is 5.86. The van der Waals surface area contributed by atoms with Crippen molar-refractivity contribution in [1.29, 1.82) is 0 Å². The Morgan fingerprint density at radius 3 is 2.72 bits per heavy atom. The van der Waals surface area contributed by atoms with E-state index in [4.69, 9.17) is 0 Å². The second-order valence-corrected chi connectivity index (χ2v) is 8.02. The Morgan fingerprint density at radius 1 is 1.50 bits per heavy atom. The maximum atomic E-state index is 11.5. The first-order valence-corrected chi connectivity index (χ1v) is 8.78. The second kappa shape index (κ2) is 6.71. The van der Waals surface area contributed by atoms with E-state index in [0.717, 1.165) is 6.54 Å². The molecule has 1 aliphatic carbocycles. The van der Waals surface area contributed by atoms with E-state index >= 15 is 0 Å². The van der Waals surface area contributed by atoms with E-state index in [0.29, 0.717) is 11.8 Å². The molecule has 18 heavy (non-hydrogen) atoms. The molecule has 0 unspecified atom stereocenters. The van der Waals surface area contributed by atoms with Crippen LogP contribution in [-0.4, -0.2) is 32.5 Å². The van der Waals surface area contributed by atoms with Crippen molar-refractivity contribution < 1.29 is 8.42 Å². The molecule has 0 bridgehead atoms. The molecule has 1 aliphatic rings. The van der Waals surface area contributed by atoms with Crippen LogP contribution in [0.5, 0.6) is 0 Å². The lowest BCUT2D eigenvalue weighted by molar-refractivity contribution is 0.342. The average Bonchev–Trinajstić information content (AvgIpc) is 2.28. The van der Waals surface area contributed by atoms with Gasteiger partial charge in [-0.05, 0) is 38.5 Å². The molecule has 0 aromatic carbocycles. The van der Waals surface area contributed by atoms with Gasteiger partial charge in [0.15, 0.2) is 9.84 Å². The molecule has 0 aliphatic heterocycles. The SMILES string of the molecule is CCS(=O)(=O)C[C@H](C)NC[C@@H]1C(C)=CCC[C@@H]1C. The molecule has 1 N–H and O–H groups in total. The molecule has 0 amide bonds. The highest BCUT2D eigenvalue weighted by molar-refractivity contribution is 7.91. The van der Waals surface area contributed by atoms with Gasteiger partial charge in [0.05, 0.1) is 5.75 Å². The summed E-state index contributed by atoms with van der Waals surface area (Å²) in [6.45, 7) is 9.04. The fourth-order valence-electron chi connectivity index (χ4n) is 2.62. The quantitative estimate of drug-likeness (QED) is 0.756. The van der Waals surface area contributed by atoms with Crippen LogP contribution in [0, 0.1) is 11.8 Å². The molecule has 0 heterocycles. The van der Waals surface area contributed by atoms with Gasteiger partial charge >= 0.3 is 0 Å².